The lowest BCUT2D eigenvalue weighted by molar-refractivity contribution is -0.305. The number of carbonyl (C=O) groups excluding carboxylic acids is 1. The lowest BCUT2D eigenvalue weighted by atomic mass is 9.88. The third-order valence-corrected chi connectivity index (χ3v) is 3.20. The summed E-state index contributed by atoms with van der Waals surface area (Å²) < 4.78 is 0. The molecule has 1 unspecified atom stereocenters. The topological polar surface area (TPSA) is 40.1 Å². The van der Waals surface area contributed by atoms with Gasteiger partial charge in [-0.3, -0.25) is 0 Å². The maximum absolute atomic E-state index is 10.9. The van der Waals surface area contributed by atoms with Crippen LogP contribution in [0.2, 0.25) is 5.02 Å². The molecule has 0 amide bonds. The zero-order chi connectivity index (χ0) is 13.0. The van der Waals surface area contributed by atoms with E-state index in [9.17, 15) is 9.90 Å². The molecule has 0 aliphatic rings. The van der Waals surface area contributed by atoms with E-state index in [1.54, 1.807) is 6.07 Å². The van der Waals surface area contributed by atoms with Crippen molar-refractivity contribution in [3.05, 3.63) is 70.7 Å². The Labute approximate surface area is 111 Å². The molecule has 0 spiro atoms. The first-order chi connectivity index (χ1) is 8.68. The molecule has 0 heterocycles. The predicted molar refractivity (Wildman–Crippen MR) is 69.4 cm³/mol. The molecule has 0 saturated carbocycles. The monoisotopic (exact) mass is 259 g/mol. The molecule has 2 aromatic carbocycles. The molecule has 0 radical (unpaired) electrons. The fourth-order valence-electron chi connectivity index (χ4n) is 2.02. The molecule has 2 aromatic rings. The highest BCUT2D eigenvalue weighted by Crippen LogP contribution is 2.32. The van der Waals surface area contributed by atoms with Crippen LogP contribution in [0.15, 0.2) is 54.6 Å². The Morgan fingerprint density at radius 1 is 1.06 bits per heavy atom. The van der Waals surface area contributed by atoms with Gasteiger partial charge in [-0.1, -0.05) is 60.1 Å². The SMILES string of the molecule is O=C([O-])CC(c1ccccc1)c1ccccc1Cl. The Balaban J connectivity index is 2.44. The van der Waals surface area contributed by atoms with E-state index in [0.29, 0.717) is 5.02 Å². The van der Waals surface area contributed by atoms with Crippen molar-refractivity contribution < 1.29 is 9.90 Å². The molecule has 18 heavy (non-hydrogen) atoms. The minimum absolute atomic E-state index is 0.0756. The van der Waals surface area contributed by atoms with Crippen LogP contribution in [-0.4, -0.2) is 5.97 Å². The minimum Gasteiger partial charge on any atom is -0.550 e. The Kier molecular flexibility index (Phi) is 4.00. The summed E-state index contributed by atoms with van der Waals surface area (Å²) in [5.41, 5.74) is 1.74. The van der Waals surface area contributed by atoms with Crippen LogP contribution in [0, 0.1) is 0 Å². The van der Waals surface area contributed by atoms with E-state index in [2.05, 4.69) is 0 Å². The Morgan fingerprint density at radius 2 is 1.67 bits per heavy atom. The van der Waals surface area contributed by atoms with Crippen molar-refractivity contribution in [2.45, 2.75) is 12.3 Å². The molecule has 3 heteroatoms. The molecule has 1 atom stereocenters. The molecule has 0 fully saturated rings. The Morgan fingerprint density at radius 3 is 2.28 bits per heavy atom. The summed E-state index contributed by atoms with van der Waals surface area (Å²) in [6.07, 6.45) is -0.0756. The summed E-state index contributed by atoms with van der Waals surface area (Å²) >= 11 is 6.14. The first-order valence-electron chi connectivity index (χ1n) is 5.67. The van der Waals surface area contributed by atoms with Gasteiger partial charge in [0, 0.05) is 16.9 Å². The van der Waals surface area contributed by atoms with Crippen molar-refractivity contribution in [1.82, 2.24) is 0 Å². The van der Waals surface area contributed by atoms with Gasteiger partial charge in [-0.15, -0.1) is 0 Å². The van der Waals surface area contributed by atoms with Gasteiger partial charge >= 0.3 is 0 Å². The van der Waals surface area contributed by atoms with E-state index < -0.39 is 5.97 Å². The van der Waals surface area contributed by atoms with Crippen LogP contribution in [0.3, 0.4) is 0 Å². The molecule has 2 nitrogen and oxygen atoms in total. The second-order valence-electron chi connectivity index (χ2n) is 4.06. The number of rotatable bonds is 4. The van der Waals surface area contributed by atoms with Gasteiger partial charge in [0.1, 0.15) is 0 Å². The number of benzene rings is 2. The first kappa shape index (κ1) is 12.7. The summed E-state index contributed by atoms with van der Waals surface area (Å²) in [6, 6.07) is 16.8. The molecule has 0 aliphatic heterocycles. The van der Waals surface area contributed by atoms with Gasteiger partial charge < -0.3 is 9.90 Å². The molecule has 0 N–H and O–H groups in total. The van der Waals surface area contributed by atoms with Gasteiger partial charge in [0.2, 0.25) is 0 Å². The normalized spacial score (nSPS) is 12.1. The second-order valence-corrected chi connectivity index (χ2v) is 4.47. The minimum atomic E-state index is -1.08. The zero-order valence-corrected chi connectivity index (χ0v) is 10.4. The van der Waals surface area contributed by atoms with Crippen molar-refractivity contribution in [3.8, 4) is 0 Å². The molecule has 0 aliphatic carbocycles. The third kappa shape index (κ3) is 2.90. The molecular formula is C15H12ClO2-. The maximum Gasteiger partial charge on any atom is 0.0444 e. The van der Waals surface area contributed by atoms with Crippen molar-refractivity contribution in [2.24, 2.45) is 0 Å². The zero-order valence-electron chi connectivity index (χ0n) is 9.68. The van der Waals surface area contributed by atoms with Crippen LogP contribution < -0.4 is 5.11 Å². The molecule has 92 valence electrons. The average molecular weight is 260 g/mol. The van der Waals surface area contributed by atoms with E-state index in [4.69, 9.17) is 11.6 Å². The predicted octanol–water partition coefficient (Wildman–Crippen LogP) is 2.61. The molecule has 2 rings (SSSR count). The quantitative estimate of drug-likeness (QED) is 0.847. The van der Waals surface area contributed by atoms with Crippen LogP contribution in [0.5, 0.6) is 0 Å². The summed E-state index contributed by atoms with van der Waals surface area (Å²) in [6.45, 7) is 0. The lowest BCUT2D eigenvalue weighted by Crippen LogP contribution is -2.25. The van der Waals surface area contributed by atoms with Crippen molar-refractivity contribution in [3.63, 3.8) is 0 Å². The van der Waals surface area contributed by atoms with Crippen LogP contribution in [0.4, 0.5) is 0 Å². The van der Waals surface area contributed by atoms with Crippen molar-refractivity contribution in [2.75, 3.05) is 0 Å². The van der Waals surface area contributed by atoms with Gasteiger partial charge in [0.25, 0.3) is 0 Å². The van der Waals surface area contributed by atoms with Gasteiger partial charge in [0.15, 0.2) is 0 Å². The average Bonchev–Trinajstić information content (AvgIpc) is 2.38. The van der Waals surface area contributed by atoms with E-state index in [-0.39, 0.29) is 12.3 Å². The Hall–Kier alpha value is -1.80. The first-order valence-corrected chi connectivity index (χ1v) is 6.05. The summed E-state index contributed by atoms with van der Waals surface area (Å²) in [4.78, 5) is 10.9. The molecular weight excluding hydrogens is 248 g/mol. The highest BCUT2D eigenvalue weighted by atomic mass is 35.5. The van der Waals surface area contributed by atoms with Crippen LogP contribution in [-0.2, 0) is 4.79 Å². The van der Waals surface area contributed by atoms with Gasteiger partial charge in [0.05, 0.1) is 0 Å². The standard InChI is InChI=1S/C15H13ClO2/c16-14-9-5-4-8-12(14)13(10-15(17)18)11-6-2-1-3-7-11/h1-9,13H,10H2,(H,17,18)/p-1. The molecule has 0 aromatic heterocycles. The summed E-state index contributed by atoms with van der Waals surface area (Å²) in [5.74, 6) is -1.35. The smallest absolute Gasteiger partial charge is 0.0444 e. The van der Waals surface area contributed by atoms with E-state index in [0.717, 1.165) is 11.1 Å². The third-order valence-electron chi connectivity index (χ3n) is 2.85. The van der Waals surface area contributed by atoms with Crippen LogP contribution in [0.25, 0.3) is 0 Å². The van der Waals surface area contributed by atoms with Crippen molar-refractivity contribution in [1.29, 1.82) is 0 Å². The second kappa shape index (κ2) is 5.69. The molecule has 0 bridgehead atoms. The van der Waals surface area contributed by atoms with E-state index in [1.165, 1.54) is 0 Å². The highest BCUT2D eigenvalue weighted by molar-refractivity contribution is 6.31. The number of carbonyl (C=O) groups is 1. The number of carboxylic acids is 1. The van der Waals surface area contributed by atoms with Gasteiger partial charge in [-0.05, 0) is 23.6 Å². The fourth-order valence-corrected chi connectivity index (χ4v) is 2.28. The number of halogens is 1. The van der Waals surface area contributed by atoms with Gasteiger partial charge in [-0.25, -0.2) is 0 Å². The van der Waals surface area contributed by atoms with Crippen LogP contribution >= 0.6 is 11.6 Å². The highest BCUT2D eigenvalue weighted by Gasteiger charge is 2.16. The summed E-state index contributed by atoms with van der Waals surface area (Å²) in [7, 11) is 0. The van der Waals surface area contributed by atoms with E-state index in [1.807, 2.05) is 48.5 Å². The Bertz CT molecular complexity index is 537. The molecule has 0 saturated heterocycles. The maximum atomic E-state index is 10.9. The summed E-state index contributed by atoms with van der Waals surface area (Å²) in [5, 5.41) is 11.5. The van der Waals surface area contributed by atoms with Crippen molar-refractivity contribution >= 4 is 17.6 Å². The largest absolute Gasteiger partial charge is 0.550 e. The van der Waals surface area contributed by atoms with Gasteiger partial charge in [-0.2, -0.15) is 0 Å². The number of aliphatic carboxylic acids is 1. The fraction of sp³-hybridized carbons (Fsp3) is 0.133. The number of hydrogen-bond acceptors (Lipinski definition) is 2. The number of carboxylic acid groups (broad SMARTS) is 1. The van der Waals surface area contributed by atoms with Crippen LogP contribution in [0.1, 0.15) is 23.5 Å². The lowest BCUT2D eigenvalue weighted by Gasteiger charge is -2.19. The number of hydrogen-bond donors (Lipinski definition) is 0. The van der Waals surface area contributed by atoms with E-state index >= 15 is 0 Å².